The molecular weight excluding hydrogens is 314 g/mol. The lowest BCUT2D eigenvalue weighted by atomic mass is 9.80. The van der Waals surface area contributed by atoms with Gasteiger partial charge in [0, 0.05) is 31.5 Å². The molecule has 0 unspecified atom stereocenters. The van der Waals surface area contributed by atoms with Crippen LogP contribution < -0.4 is 5.32 Å². The van der Waals surface area contributed by atoms with Gasteiger partial charge in [0.2, 0.25) is 0 Å². The highest BCUT2D eigenvalue weighted by atomic mass is 16.2. The molecule has 1 aliphatic carbocycles. The Hall–Kier alpha value is -2.37. The van der Waals surface area contributed by atoms with Crippen LogP contribution in [-0.4, -0.2) is 39.0 Å². The van der Waals surface area contributed by atoms with Gasteiger partial charge in [0.05, 0.1) is 6.20 Å². The summed E-state index contributed by atoms with van der Waals surface area (Å²) in [6.07, 6.45) is 9.67. The molecule has 2 amide bonds. The molecule has 1 saturated carbocycles. The fraction of sp³-hybridized carbons (Fsp3) is 0.526. The maximum absolute atomic E-state index is 12.6. The van der Waals surface area contributed by atoms with E-state index in [1.165, 1.54) is 24.8 Å². The van der Waals surface area contributed by atoms with Gasteiger partial charge in [-0.3, -0.25) is 4.68 Å². The first-order valence-electron chi connectivity index (χ1n) is 9.28. The summed E-state index contributed by atoms with van der Waals surface area (Å²) in [6, 6.07) is 8.37. The molecule has 2 heterocycles. The standard InChI is InChI=1S/C19H25N5O/c25-19(21-18-8-6-17(7-9-18)16-4-1-5-16)23-11-2-3-15(13-23)14-24-12-10-20-22-24/h6-10,12,15-16H,1-5,11,13-14H2,(H,21,25)/t15-/m0/s1. The third-order valence-electron chi connectivity index (χ3n) is 5.46. The van der Waals surface area contributed by atoms with Gasteiger partial charge < -0.3 is 10.2 Å². The average Bonchev–Trinajstić information content (AvgIpc) is 3.08. The number of urea groups is 1. The van der Waals surface area contributed by atoms with Crippen LogP contribution in [0.25, 0.3) is 0 Å². The van der Waals surface area contributed by atoms with Crippen LogP contribution in [0.1, 0.15) is 43.6 Å². The van der Waals surface area contributed by atoms with Crippen molar-refractivity contribution in [2.24, 2.45) is 5.92 Å². The molecule has 0 spiro atoms. The third-order valence-corrected chi connectivity index (χ3v) is 5.46. The third kappa shape index (κ3) is 3.83. The molecule has 0 radical (unpaired) electrons. The maximum Gasteiger partial charge on any atom is 0.321 e. The lowest BCUT2D eigenvalue weighted by molar-refractivity contribution is 0.168. The predicted octanol–water partition coefficient (Wildman–Crippen LogP) is 3.49. The second-order valence-electron chi connectivity index (χ2n) is 7.26. The smallest absolute Gasteiger partial charge is 0.321 e. The number of hydrogen-bond donors (Lipinski definition) is 1. The van der Waals surface area contributed by atoms with Gasteiger partial charge in [-0.25, -0.2) is 4.79 Å². The second-order valence-corrected chi connectivity index (χ2v) is 7.26. The summed E-state index contributed by atoms with van der Waals surface area (Å²) < 4.78 is 1.85. The minimum Gasteiger partial charge on any atom is -0.324 e. The van der Waals surface area contributed by atoms with Crippen molar-refractivity contribution in [2.45, 2.75) is 44.6 Å². The van der Waals surface area contributed by atoms with Gasteiger partial charge >= 0.3 is 6.03 Å². The van der Waals surface area contributed by atoms with Crippen molar-refractivity contribution in [1.29, 1.82) is 0 Å². The minimum absolute atomic E-state index is 0.000292. The van der Waals surface area contributed by atoms with E-state index in [4.69, 9.17) is 0 Å². The summed E-state index contributed by atoms with van der Waals surface area (Å²) in [5.41, 5.74) is 2.28. The fourth-order valence-corrected chi connectivity index (χ4v) is 3.78. The summed E-state index contributed by atoms with van der Waals surface area (Å²) >= 11 is 0. The predicted molar refractivity (Wildman–Crippen MR) is 96.4 cm³/mol. The van der Waals surface area contributed by atoms with Crippen molar-refractivity contribution in [1.82, 2.24) is 19.9 Å². The van der Waals surface area contributed by atoms with E-state index in [-0.39, 0.29) is 6.03 Å². The highest BCUT2D eigenvalue weighted by molar-refractivity contribution is 5.89. The van der Waals surface area contributed by atoms with Crippen LogP contribution in [-0.2, 0) is 6.54 Å². The van der Waals surface area contributed by atoms with E-state index in [2.05, 4.69) is 27.8 Å². The molecular formula is C19H25N5O. The van der Waals surface area contributed by atoms with Crippen molar-refractivity contribution >= 4 is 11.7 Å². The molecule has 1 aliphatic heterocycles. The number of piperidine rings is 1. The topological polar surface area (TPSA) is 63.1 Å². The second kappa shape index (κ2) is 7.25. The van der Waals surface area contributed by atoms with Gasteiger partial charge in [-0.2, -0.15) is 0 Å². The molecule has 25 heavy (non-hydrogen) atoms. The molecule has 1 aromatic carbocycles. The lowest BCUT2D eigenvalue weighted by Gasteiger charge is -2.32. The Kier molecular flexibility index (Phi) is 4.68. The Labute approximate surface area is 148 Å². The average molecular weight is 339 g/mol. The zero-order chi connectivity index (χ0) is 17.1. The van der Waals surface area contributed by atoms with Gasteiger partial charge in [0.15, 0.2) is 0 Å². The van der Waals surface area contributed by atoms with Crippen molar-refractivity contribution in [3.05, 3.63) is 42.2 Å². The first-order valence-corrected chi connectivity index (χ1v) is 9.28. The highest BCUT2D eigenvalue weighted by Gasteiger charge is 2.24. The molecule has 2 aromatic rings. The number of anilines is 1. The highest BCUT2D eigenvalue weighted by Crippen LogP contribution is 2.36. The first kappa shape index (κ1) is 16.1. The van der Waals surface area contributed by atoms with Crippen molar-refractivity contribution in [3.63, 3.8) is 0 Å². The Bertz CT molecular complexity index is 693. The van der Waals surface area contributed by atoms with E-state index in [1.807, 2.05) is 27.9 Å². The molecule has 4 rings (SSSR count). The molecule has 2 aliphatic rings. The van der Waals surface area contributed by atoms with Gasteiger partial charge in [-0.15, -0.1) is 5.10 Å². The molecule has 0 bridgehead atoms. The first-order chi connectivity index (χ1) is 12.3. The van der Waals surface area contributed by atoms with E-state index in [9.17, 15) is 4.79 Å². The summed E-state index contributed by atoms with van der Waals surface area (Å²) in [6.45, 7) is 2.41. The van der Waals surface area contributed by atoms with Crippen LogP contribution in [0.5, 0.6) is 0 Å². The SMILES string of the molecule is O=C(Nc1ccc(C2CCC2)cc1)N1CCC[C@H](Cn2ccnn2)C1. The fourth-order valence-electron chi connectivity index (χ4n) is 3.78. The zero-order valence-electron chi connectivity index (χ0n) is 14.5. The number of nitrogens with zero attached hydrogens (tertiary/aromatic N) is 4. The zero-order valence-corrected chi connectivity index (χ0v) is 14.5. The Morgan fingerprint density at radius 3 is 2.68 bits per heavy atom. The molecule has 6 nitrogen and oxygen atoms in total. The number of nitrogens with one attached hydrogen (secondary N) is 1. The van der Waals surface area contributed by atoms with Gasteiger partial charge in [-0.05, 0) is 55.2 Å². The number of likely N-dealkylation sites (tertiary alicyclic amines) is 1. The molecule has 6 heteroatoms. The minimum atomic E-state index is -0.000292. The summed E-state index contributed by atoms with van der Waals surface area (Å²) in [4.78, 5) is 14.5. The molecule has 1 atom stereocenters. The van der Waals surface area contributed by atoms with Gasteiger partial charge in [0.1, 0.15) is 0 Å². The summed E-state index contributed by atoms with van der Waals surface area (Å²) in [7, 11) is 0. The molecule has 1 N–H and O–H groups in total. The number of hydrogen-bond acceptors (Lipinski definition) is 3. The molecule has 2 fully saturated rings. The van der Waals surface area contributed by atoms with E-state index >= 15 is 0 Å². The van der Waals surface area contributed by atoms with Crippen molar-refractivity contribution in [2.75, 3.05) is 18.4 Å². The molecule has 1 saturated heterocycles. The van der Waals surface area contributed by atoms with E-state index in [1.54, 1.807) is 6.20 Å². The Morgan fingerprint density at radius 2 is 2.00 bits per heavy atom. The number of benzene rings is 1. The van der Waals surface area contributed by atoms with E-state index in [0.717, 1.165) is 44.1 Å². The van der Waals surface area contributed by atoms with Crippen LogP contribution in [0.3, 0.4) is 0 Å². The van der Waals surface area contributed by atoms with E-state index < -0.39 is 0 Å². The van der Waals surface area contributed by atoms with E-state index in [0.29, 0.717) is 5.92 Å². The number of rotatable bonds is 4. The monoisotopic (exact) mass is 339 g/mol. The van der Waals surface area contributed by atoms with Crippen LogP contribution >= 0.6 is 0 Å². The Morgan fingerprint density at radius 1 is 1.16 bits per heavy atom. The quantitative estimate of drug-likeness (QED) is 0.927. The number of amides is 2. The number of aromatic nitrogens is 3. The lowest BCUT2D eigenvalue weighted by Crippen LogP contribution is -2.43. The molecule has 132 valence electrons. The summed E-state index contributed by atoms with van der Waals surface area (Å²) in [5, 5.41) is 10.9. The largest absolute Gasteiger partial charge is 0.324 e. The van der Waals surface area contributed by atoms with Crippen LogP contribution in [0.15, 0.2) is 36.7 Å². The molecule has 1 aromatic heterocycles. The maximum atomic E-state index is 12.6. The van der Waals surface area contributed by atoms with Crippen molar-refractivity contribution < 1.29 is 4.79 Å². The van der Waals surface area contributed by atoms with Crippen molar-refractivity contribution in [3.8, 4) is 0 Å². The number of carbonyl (C=O) groups excluding carboxylic acids is 1. The van der Waals surface area contributed by atoms with Crippen LogP contribution in [0, 0.1) is 5.92 Å². The summed E-state index contributed by atoms with van der Waals surface area (Å²) in [5.74, 6) is 1.16. The van der Waals surface area contributed by atoms with Gasteiger partial charge in [0.25, 0.3) is 0 Å². The van der Waals surface area contributed by atoms with Gasteiger partial charge in [-0.1, -0.05) is 23.8 Å². The van der Waals surface area contributed by atoms with Crippen LogP contribution in [0.2, 0.25) is 0 Å². The Balaban J connectivity index is 1.32. The normalized spacial score (nSPS) is 21.0. The number of carbonyl (C=O) groups is 1. The van der Waals surface area contributed by atoms with Crippen LogP contribution in [0.4, 0.5) is 10.5 Å².